The number of carbonyl (C=O) groups is 2. The summed E-state index contributed by atoms with van der Waals surface area (Å²) in [5, 5.41) is 16.1. The fourth-order valence-corrected chi connectivity index (χ4v) is 4.27. The molecular formula is C24H19FN2O5S. The van der Waals surface area contributed by atoms with Gasteiger partial charge in [-0.1, -0.05) is 48.0 Å². The van der Waals surface area contributed by atoms with Crippen LogP contribution in [0.1, 0.15) is 22.7 Å². The number of primary sulfonamides is 1. The normalized spacial score (nSPS) is 18.0. The van der Waals surface area contributed by atoms with Crippen LogP contribution in [-0.4, -0.2) is 25.2 Å². The smallest absolute Gasteiger partial charge is 0.300 e. The number of aliphatic hydroxyl groups is 1. The number of hydrogen-bond acceptors (Lipinski definition) is 5. The van der Waals surface area contributed by atoms with Crippen molar-refractivity contribution < 1.29 is 27.5 Å². The number of Topliss-reactive ketones (excluding diaryl/α,β-unsaturated/α-hetero) is 1. The molecule has 168 valence electrons. The monoisotopic (exact) mass is 466 g/mol. The summed E-state index contributed by atoms with van der Waals surface area (Å²) in [6.07, 6.45) is 0. The summed E-state index contributed by atoms with van der Waals surface area (Å²) >= 11 is 0. The van der Waals surface area contributed by atoms with Crippen LogP contribution in [-0.2, 0) is 19.6 Å². The molecule has 3 aromatic carbocycles. The van der Waals surface area contributed by atoms with Crippen molar-refractivity contribution in [1.82, 2.24) is 0 Å². The number of amides is 1. The number of aryl methyl sites for hydroxylation is 1. The van der Waals surface area contributed by atoms with Crippen molar-refractivity contribution in [2.45, 2.75) is 17.9 Å². The zero-order chi connectivity index (χ0) is 23.9. The molecule has 33 heavy (non-hydrogen) atoms. The third-order valence-corrected chi connectivity index (χ3v) is 6.34. The van der Waals surface area contributed by atoms with E-state index in [0.717, 1.165) is 10.5 Å². The second-order valence-electron chi connectivity index (χ2n) is 7.60. The lowest BCUT2D eigenvalue weighted by Gasteiger charge is -2.25. The van der Waals surface area contributed by atoms with Gasteiger partial charge in [-0.25, -0.2) is 17.9 Å². The zero-order valence-corrected chi connectivity index (χ0v) is 18.2. The average molecular weight is 466 g/mol. The molecule has 9 heteroatoms. The first-order valence-corrected chi connectivity index (χ1v) is 11.4. The Hall–Kier alpha value is -3.82. The third kappa shape index (κ3) is 4.04. The molecular weight excluding hydrogens is 447 g/mol. The Labute approximate surface area is 189 Å². The fraction of sp³-hybridized carbons (Fsp3) is 0.0833. The van der Waals surface area contributed by atoms with Gasteiger partial charge in [0.2, 0.25) is 10.0 Å². The minimum atomic E-state index is -3.98. The van der Waals surface area contributed by atoms with Crippen molar-refractivity contribution in [3.63, 3.8) is 0 Å². The molecule has 4 rings (SSSR count). The van der Waals surface area contributed by atoms with E-state index in [1.54, 1.807) is 30.3 Å². The van der Waals surface area contributed by atoms with Gasteiger partial charge in [-0.3, -0.25) is 14.5 Å². The number of halogens is 1. The fourth-order valence-electron chi connectivity index (χ4n) is 3.75. The van der Waals surface area contributed by atoms with Crippen LogP contribution in [0.15, 0.2) is 83.3 Å². The Morgan fingerprint density at radius 2 is 1.58 bits per heavy atom. The van der Waals surface area contributed by atoms with Crippen LogP contribution in [0.2, 0.25) is 0 Å². The van der Waals surface area contributed by atoms with Crippen molar-refractivity contribution >= 4 is 33.2 Å². The van der Waals surface area contributed by atoms with Crippen LogP contribution in [0.5, 0.6) is 0 Å². The van der Waals surface area contributed by atoms with Crippen molar-refractivity contribution in [1.29, 1.82) is 0 Å². The van der Waals surface area contributed by atoms with Gasteiger partial charge in [-0.15, -0.1) is 0 Å². The first-order valence-electron chi connectivity index (χ1n) is 9.85. The van der Waals surface area contributed by atoms with Gasteiger partial charge in [-0.05, 0) is 37.3 Å². The molecule has 0 radical (unpaired) electrons. The predicted octanol–water partition coefficient (Wildman–Crippen LogP) is 3.41. The van der Waals surface area contributed by atoms with Crippen molar-refractivity contribution in [2.75, 3.05) is 4.90 Å². The Kier molecular flexibility index (Phi) is 5.61. The Bertz CT molecular complexity index is 1400. The molecule has 1 amide bonds. The maximum atomic E-state index is 14.8. The van der Waals surface area contributed by atoms with Gasteiger partial charge in [0.25, 0.3) is 11.7 Å². The summed E-state index contributed by atoms with van der Waals surface area (Å²) in [5.41, 5.74) is 1.09. The number of anilines is 1. The summed E-state index contributed by atoms with van der Waals surface area (Å²) in [5.74, 6) is -3.09. The molecule has 1 aliphatic rings. The molecule has 0 bridgehead atoms. The second kappa shape index (κ2) is 8.27. The lowest BCUT2D eigenvalue weighted by molar-refractivity contribution is -0.132. The van der Waals surface area contributed by atoms with E-state index >= 15 is 0 Å². The molecule has 1 unspecified atom stereocenters. The predicted molar refractivity (Wildman–Crippen MR) is 120 cm³/mol. The standard InChI is InChI=1S/C24H19FN2O5S/c1-14-6-8-15(9-7-14)22(28)20-21(18-4-2-3-5-19(18)25)27(24(30)23(20)29)16-10-12-17(13-11-16)33(26,31)32/h2-13,21,28H,1H3,(H2,26,31,32). The lowest BCUT2D eigenvalue weighted by Crippen LogP contribution is -2.30. The van der Waals surface area contributed by atoms with Gasteiger partial charge in [-0.2, -0.15) is 0 Å². The number of carbonyl (C=O) groups excluding carboxylic acids is 2. The van der Waals surface area contributed by atoms with Gasteiger partial charge in [0, 0.05) is 16.8 Å². The molecule has 1 fully saturated rings. The molecule has 1 heterocycles. The molecule has 1 saturated heterocycles. The average Bonchev–Trinajstić information content (AvgIpc) is 3.04. The highest BCUT2D eigenvalue weighted by Gasteiger charge is 2.47. The highest BCUT2D eigenvalue weighted by Crippen LogP contribution is 2.43. The van der Waals surface area contributed by atoms with Crippen LogP contribution in [0.3, 0.4) is 0 Å². The lowest BCUT2D eigenvalue weighted by atomic mass is 9.94. The summed E-state index contributed by atoms with van der Waals surface area (Å²) in [6, 6.07) is 16.0. The minimum absolute atomic E-state index is 0.000819. The van der Waals surface area contributed by atoms with Gasteiger partial charge in [0.15, 0.2) is 0 Å². The molecule has 0 saturated carbocycles. The number of aliphatic hydroxyl groups excluding tert-OH is 1. The van der Waals surface area contributed by atoms with E-state index in [0.29, 0.717) is 5.56 Å². The number of hydrogen-bond donors (Lipinski definition) is 2. The number of benzene rings is 3. The van der Waals surface area contributed by atoms with Gasteiger partial charge in [0.1, 0.15) is 11.6 Å². The van der Waals surface area contributed by atoms with Crippen LogP contribution in [0, 0.1) is 12.7 Å². The van der Waals surface area contributed by atoms with E-state index in [1.807, 2.05) is 6.92 Å². The van der Waals surface area contributed by atoms with Crippen LogP contribution in [0.4, 0.5) is 10.1 Å². The third-order valence-electron chi connectivity index (χ3n) is 5.41. The van der Waals surface area contributed by atoms with E-state index < -0.39 is 39.3 Å². The van der Waals surface area contributed by atoms with Crippen LogP contribution < -0.4 is 10.0 Å². The quantitative estimate of drug-likeness (QED) is 0.347. The van der Waals surface area contributed by atoms with Gasteiger partial charge < -0.3 is 5.11 Å². The number of rotatable bonds is 4. The molecule has 0 aliphatic carbocycles. The molecule has 0 spiro atoms. The zero-order valence-electron chi connectivity index (χ0n) is 17.4. The van der Waals surface area contributed by atoms with E-state index in [9.17, 15) is 27.5 Å². The molecule has 1 atom stereocenters. The summed E-state index contributed by atoms with van der Waals surface area (Å²) < 4.78 is 38.0. The van der Waals surface area contributed by atoms with Crippen molar-refractivity contribution in [3.8, 4) is 0 Å². The molecule has 7 nitrogen and oxygen atoms in total. The summed E-state index contributed by atoms with van der Waals surface area (Å²) in [6.45, 7) is 1.85. The maximum Gasteiger partial charge on any atom is 0.300 e. The molecule has 3 aromatic rings. The van der Waals surface area contributed by atoms with Crippen molar-refractivity contribution in [2.24, 2.45) is 5.14 Å². The van der Waals surface area contributed by atoms with Crippen LogP contribution in [0.25, 0.3) is 5.76 Å². The topological polar surface area (TPSA) is 118 Å². The second-order valence-corrected chi connectivity index (χ2v) is 9.16. The highest BCUT2D eigenvalue weighted by molar-refractivity contribution is 7.89. The Morgan fingerprint density at radius 3 is 2.15 bits per heavy atom. The molecule has 0 aromatic heterocycles. The summed E-state index contributed by atoms with van der Waals surface area (Å²) in [7, 11) is -3.98. The van der Waals surface area contributed by atoms with Crippen LogP contribution >= 0.6 is 0 Å². The first kappa shape index (κ1) is 22.4. The van der Waals surface area contributed by atoms with Crippen molar-refractivity contribution in [3.05, 3.63) is 101 Å². The van der Waals surface area contributed by atoms with E-state index in [2.05, 4.69) is 0 Å². The summed E-state index contributed by atoms with van der Waals surface area (Å²) in [4.78, 5) is 26.9. The van der Waals surface area contributed by atoms with E-state index in [-0.39, 0.29) is 21.7 Å². The number of nitrogens with zero attached hydrogens (tertiary/aromatic N) is 1. The van der Waals surface area contributed by atoms with E-state index in [1.165, 1.54) is 42.5 Å². The Morgan fingerprint density at radius 1 is 0.970 bits per heavy atom. The SMILES string of the molecule is Cc1ccc(C(O)=C2C(=O)C(=O)N(c3ccc(S(N)(=O)=O)cc3)C2c2ccccc2F)cc1. The molecule has 1 aliphatic heterocycles. The van der Waals surface area contributed by atoms with E-state index in [4.69, 9.17) is 5.14 Å². The largest absolute Gasteiger partial charge is 0.507 e. The number of ketones is 1. The highest BCUT2D eigenvalue weighted by atomic mass is 32.2. The molecule has 3 N–H and O–H groups in total. The van der Waals surface area contributed by atoms with Gasteiger partial charge in [0.05, 0.1) is 16.5 Å². The Balaban J connectivity index is 1.94. The minimum Gasteiger partial charge on any atom is -0.507 e. The maximum absolute atomic E-state index is 14.8. The number of nitrogens with two attached hydrogens (primary N) is 1. The number of sulfonamides is 1. The van der Waals surface area contributed by atoms with Gasteiger partial charge >= 0.3 is 0 Å². The first-order chi connectivity index (χ1) is 15.6.